The van der Waals surface area contributed by atoms with Crippen molar-refractivity contribution in [3.05, 3.63) is 46.9 Å². The van der Waals surface area contributed by atoms with Gasteiger partial charge in [-0.1, -0.05) is 12.1 Å². The Balaban J connectivity index is 2.16. The van der Waals surface area contributed by atoms with Crippen LogP contribution in [-0.2, 0) is 9.53 Å². The number of carbonyl (C=O) groups is 2. The number of hydrogen-bond acceptors (Lipinski definition) is 4. The summed E-state index contributed by atoms with van der Waals surface area (Å²) in [4.78, 5) is 25.6. The van der Waals surface area contributed by atoms with Crippen LogP contribution in [0.2, 0.25) is 0 Å². The van der Waals surface area contributed by atoms with Gasteiger partial charge in [-0.15, -0.1) is 0 Å². The summed E-state index contributed by atoms with van der Waals surface area (Å²) in [5, 5.41) is 5.25. The van der Waals surface area contributed by atoms with E-state index in [-0.39, 0.29) is 31.0 Å². The minimum absolute atomic E-state index is 0.0201. The molecule has 1 atom stereocenters. The molecule has 7 heteroatoms. The van der Waals surface area contributed by atoms with Crippen LogP contribution < -0.4 is 10.6 Å². The van der Waals surface area contributed by atoms with Gasteiger partial charge in [0.05, 0.1) is 18.7 Å². The summed E-state index contributed by atoms with van der Waals surface area (Å²) >= 11 is 0. The van der Waals surface area contributed by atoms with E-state index in [2.05, 4.69) is 10.6 Å². The summed E-state index contributed by atoms with van der Waals surface area (Å²) in [5.74, 6) is -0.727. The molecule has 0 aliphatic carbocycles. The summed E-state index contributed by atoms with van der Waals surface area (Å²) in [5.41, 5.74) is 1.88. The number of halogens is 1. The second-order valence-electron chi connectivity index (χ2n) is 5.63. The van der Waals surface area contributed by atoms with Crippen molar-refractivity contribution in [3.8, 4) is 0 Å². The third-order valence-electron chi connectivity index (χ3n) is 4.00. The Kier molecular flexibility index (Phi) is 5.92. The highest BCUT2D eigenvalue weighted by Crippen LogP contribution is 2.21. The summed E-state index contributed by atoms with van der Waals surface area (Å²) in [6.45, 7) is 4.47. The van der Waals surface area contributed by atoms with Crippen molar-refractivity contribution in [2.75, 3.05) is 26.7 Å². The van der Waals surface area contributed by atoms with Crippen molar-refractivity contribution >= 4 is 12.0 Å². The number of hydrogen-bond donors (Lipinski definition) is 2. The van der Waals surface area contributed by atoms with Gasteiger partial charge in [0.15, 0.2) is 0 Å². The van der Waals surface area contributed by atoms with Crippen molar-refractivity contribution in [1.29, 1.82) is 0 Å². The molecule has 0 fully saturated rings. The fourth-order valence-corrected chi connectivity index (χ4v) is 2.46. The molecule has 6 nitrogen and oxygen atoms in total. The Morgan fingerprint density at radius 1 is 1.38 bits per heavy atom. The number of ether oxygens (including phenoxy) is 1. The minimum atomic E-state index is -0.442. The molecule has 130 valence electrons. The van der Waals surface area contributed by atoms with Crippen molar-refractivity contribution in [2.45, 2.75) is 19.9 Å². The lowest BCUT2D eigenvalue weighted by molar-refractivity contribution is -0.138. The third kappa shape index (κ3) is 4.32. The highest BCUT2D eigenvalue weighted by atomic mass is 19.1. The minimum Gasteiger partial charge on any atom is -0.463 e. The maximum absolute atomic E-state index is 13.1. The molecule has 0 spiro atoms. The Labute approximate surface area is 140 Å². The van der Waals surface area contributed by atoms with E-state index in [1.807, 2.05) is 18.9 Å². The van der Waals surface area contributed by atoms with Crippen molar-refractivity contribution in [2.24, 2.45) is 0 Å². The van der Waals surface area contributed by atoms with E-state index in [1.165, 1.54) is 12.1 Å². The van der Waals surface area contributed by atoms with Crippen LogP contribution in [0.5, 0.6) is 0 Å². The summed E-state index contributed by atoms with van der Waals surface area (Å²) < 4.78 is 18.1. The van der Waals surface area contributed by atoms with Crippen LogP contribution in [0, 0.1) is 5.82 Å². The number of amides is 2. The highest BCUT2D eigenvalue weighted by Gasteiger charge is 2.25. The van der Waals surface area contributed by atoms with E-state index in [0.29, 0.717) is 17.8 Å². The molecule has 1 aromatic rings. The Morgan fingerprint density at radius 2 is 2.04 bits per heavy atom. The number of benzene rings is 1. The van der Waals surface area contributed by atoms with Gasteiger partial charge < -0.3 is 15.4 Å². The summed E-state index contributed by atoms with van der Waals surface area (Å²) in [7, 11) is 1.87. The van der Waals surface area contributed by atoms with Gasteiger partial charge in [0.25, 0.3) is 0 Å². The first-order valence-corrected chi connectivity index (χ1v) is 7.82. The quantitative estimate of drug-likeness (QED) is 0.780. The zero-order valence-electron chi connectivity index (χ0n) is 14.1. The zero-order valence-corrected chi connectivity index (χ0v) is 14.1. The molecule has 2 rings (SSSR count). The number of esters is 1. The predicted molar refractivity (Wildman–Crippen MR) is 87.6 cm³/mol. The van der Waals surface area contributed by atoms with Gasteiger partial charge in [0, 0.05) is 18.3 Å². The van der Waals surface area contributed by atoms with Crippen molar-refractivity contribution in [1.82, 2.24) is 15.5 Å². The first kappa shape index (κ1) is 17.9. The van der Waals surface area contributed by atoms with E-state index in [0.717, 1.165) is 5.56 Å². The monoisotopic (exact) mass is 335 g/mol. The summed E-state index contributed by atoms with van der Waals surface area (Å²) in [6, 6.07) is 5.90. The largest absolute Gasteiger partial charge is 0.463 e. The molecule has 1 heterocycles. The Morgan fingerprint density at radius 3 is 2.67 bits per heavy atom. The molecule has 0 bridgehead atoms. The van der Waals surface area contributed by atoms with E-state index >= 15 is 0 Å². The highest BCUT2D eigenvalue weighted by molar-refractivity contribution is 5.93. The lowest BCUT2D eigenvalue weighted by Crippen LogP contribution is -2.46. The SMILES string of the molecule is CCOC(=O)C1=C(CN(C)C(C)c2ccc(F)cc2)NC(=O)NC1. The topological polar surface area (TPSA) is 70.7 Å². The zero-order chi connectivity index (χ0) is 17.7. The molecule has 1 aliphatic heterocycles. The first-order chi connectivity index (χ1) is 11.4. The van der Waals surface area contributed by atoms with Gasteiger partial charge in [-0.3, -0.25) is 4.90 Å². The second-order valence-corrected chi connectivity index (χ2v) is 5.63. The molecule has 1 unspecified atom stereocenters. The molecule has 0 saturated carbocycles. The molecule has 1 aliphatic rings. The third-order valence-corrected chi connectivity index (χ3v) is 4.00. The average molecular weight is 335 g/mol. The normalized spacial score (nSPS) is 15.8. The van der Waals surface area contributed by atoms with E-state index in [4.69, 9.17) is 4.74 Å². The maximum atomic E-state index is 13.1. The summed E-state index contributed by atoms with van der Waals surface area (Å²) in [6.07, 6.45) is 0. The molecule has 2 N–H and O–H groups in total. The molecule has 0 aromatic heterocycles. The van der Waals surface area contributed by atoms with Gasteiger partial charge in [-0.05, 0) is 38.6 Å². The fourth-order valence-electron chi connectivity index (χ4n) is 2.46. The fraction of sp³-hybridized carbons (Fsp3) is 0.412. The van der Waals surface area contributed by atoms with E-state index in [9.17, 15) is 14.0 Å². The van der Waals surface area contributed by atoms with Crippen LogP contribution in [0.4, 0.5) is 9.18 Å². The van der Waals surface area contributed by atoms with Gasteiger partial charge in [0.2, 0.25) is 0 Å². The van der Waals surface area contributed by atoms with Crippen LogP contribution in [0.15, 0.2) is 35.5 Å². The molecular formula is C17H22FN3O3. The number of rotatable bonds is 6. The second kappa shape index (κ2) is 7.92. The lowest BCUT2D eigenvalue weighted by Gasteiger charge is -2.29. The number of nitrogens with one attached hydrogen (secondary N) is 2. The number of nitrogens with zero attached hydrogens (tertiary/aromatic N) is 1. The van der Waals surface area contributed by atoms with Crippen molar-refractivity contribution in [3.63, 3.8) is 0 Å². The van der Waals surface area contributed by atoms with Gasteiger partial charge in [-0.25, -0.2) is 14.0 Å². The first-order valence-electron chi connectivity index (χ1n) is 7.82. The molecule has 24 heavy (non-hydrogen) atoms. The molecular weight excluding hydrogens is 313 g/mol. The van der Waals surface area contributed by atoms with Crippen LogP contribution in [0.3, 0.4) is 0 Å². The standard InChI is InChI=1S/C17H22FN3O3/c1-4-24-16(22)14-9-19-17(23)20-15(14)10-21(3)11(2)12-5-7-13(18)8-6-12/h5-8,11H,4,9-10H2,1-3H3,(H2,19,20,23). The smallest absolute Gasteiger partial charge is 0.337 e. The van der Waals surface area contributed by atoms with E-state index in [1.54, 1.807) is 19.1 Å². The Bertz CT molecular complexity index is 643. The van der Waals surface area contributed by atoms with Crippen molar-refractivity contribution < 1.29 is 18.7 Å². The Hall–Kier alpha value is -2.41. The lowest BCUT2D eigenvalue weighted by atomic mass is 10.1. The molecule has 0 radical (unpaired) electrons. The maximum Gasteiger partial charge on any atom is 0.337 e. The van der Waals surface area contributed by atoms with Gasteiger partial charge in [0.1, 0.15) is 5.82 Å². The average Bonchev–Trinajstić information content (AvgIpc) is 2.55. The number of carbonyl (C=O) groups excluding carboxylic acids is 2. The van der Waals surface area contributed by atoms with Gasteiger partial charge >= 0.3 is 12.0 Å². The molecule has 2 amide bonds. The number of urea groups is 1. The van der Waals surface area contributed by atoms with Crippen LogP contribution in [0.1, 0.15) is 25.5 Å². The van der Waals surface area contributed by atoms with Crippen LogP contribution >= 0.6 is 0 Å². The van der Waals surface area contributed by atoms with E-state index < -0.39 is 5.97 Å². The molecule has 0 saturated heterocycles. The van der Waals surface area contributed by atoms with Gasteiger partial charge in [-0.2, -0.15) is 0 Å². The van der Waals surface area contributed by atoms with Crippen LogP contribution in [-0.4, -0.2) is 43.6 Å². The van der Waals surface area contributed by atoms with Crippen LogP contribution in [0.25, 0.3) is 0 Å². The predicted octanol–water partition coefficient (Wildman–Crippen LogP) is 1.95. The number of likely N-dealkylation sites (N-methyl/N-ethyl adjacent to an activating group) is 1. The molecule has 1 aromatic carbocycles.